The molecule has 0 saturated carbocycles. The van der Waals surface area contributed by atoms with Crippen LogP contribution in [0.15, 0.2) is 0 Å². The minimum atomic E-state index is 0.257. The van der Waals surface area contributed by atoms with Crippen molar-refractivity contribution in [1.82, 2.24) is 0 Å². The summed E-state index contributed by atoms with van der Waals surface area (Å²) in [5.74, 6) is 1.06. The van der Waals surface area contributed by atoms with E-state index in [4.69, 9.17) is 9.84 Å². The number of rotatable bonds is 7. The molecule has 0 aliphatic heterocycles. The van der Waals surface area contributed by atoms with Gasteiger partial charge in [0.05, 0.1) is 6.61 Å². The lowest BCUT2D eigenvalue weighted by molar-refractivity contribution is 0.0747. The summed E-state index contributed by atoms with van der Waals surface area (Å²) in [5, 5.41) is 8.99. The Morgan fingerprint density at radius 2 is 1.92 bits per heavy atom. The van der Waals surface area contributed by atoms with Gasteiger partial charge in [0.2, 0.25) is 0 Å². The van der Waals surface area contributed by atoms with E-state index in [1.807, 2.05) is 6.92 Å². The van der Waals surface area contributed by atoms with Gasteiger partial charge in [0.15, 0.2) is 0 Å². The van der Waals surface area contributed by atoms with Crippen molar-refractivity contribution in [2.45, 2.75) is 33.6 Å². The molecule has 0 amide bonds. The Bertz CT molecular complexity index is 91.8. The lowest BCUT2D eigenvalue weighted by atomic mass is 9.99. The lowest BCUT2D eigenvalue weighted by Gasteiger charge is -2.14. The summed E-state index contributed by atoms with van der Waals surface area (Å²) in [7, 11) is 0. The van der Waals surface area contributed by atoms with E-state index in [1.54, 1.807) is 0 Å². The smallest absolute Gasteiger partial charge is 0.0516 e. The van der Waals surface area contributed by atoms with Gasteiger partial charge in [-0.05, 0) is 19.3 Å². The first-order valence-electron chi connectivity index (χ1n) is 4.89. The average Bonchev–Trinajstić information content (AvgIpc) is 2.05. The molecule has 0 fully saturated rings. The van der Waals surface area contributed by atoms with Crippen molar-refractivity contribution in [3.05, 3.63) is 0 Å². The Kier molecular flexibility index (Phi) is 7.51. The molecule has 0 aliphatic rings. The second kappa shape index (κ2) is 7.56. The fourth-order valence-electron chi connectivity index (χ4n) is 1.08. The molecule has 0 saturated heterocycles. The molecular formula is C10H22O2. The van der Waals surface area contributed by atoms with Gasteiger partial charge < -0.3 is 9.84 Å². The van der Waals surface area contributed by atoms with Gasteiger partial charge in [-0.1, -0.05) is 20.3 Å². The molecule has 2 heteroatoms. The van der Waals surface area contributed by atoms with Gasteiger partial charge >= 0.3 is 0 Å². The third kappa shape index (κ3) is 6.62. The van der Waals surface area contributed by atoms with Crippen molar-refractivity contribution in [3.63, 3.8) is 0 Å². The third-order valence-electron chi connectivity index (χ3n) is 1.97. The van der Waals surface area contributed by atoms with Crippen molar-refractivity contribution < 1.29 is 9.84 Å². The second-order valence-corrected chi connectivity index (χ2v) is 3.68. The third-order valence-corrected chi connectivity index (χ3v) is 1.97. The van der Waals surface area contributed by atoms with Gasteiger partial charge in [0.25, 0.3) is 0 Å². The van der Waals surface area contributed by atoms with Crippen molar-refractivity contribution in [2.75, 3.05) is 19.8 Å². The first kappa shape index (κ1) is 11.9. The Morgan fingerprint density at radius 1 is 1.25 bits per heavy atom. The van der Waals surface area contributed by atoms with Crippen LogP contribution in [0.1, 0.15) is 33.6 Å². The van der Waals surface area contributed by atoms with Crippen LogP contribution in [0.2, 0.25) is 0 Å². The maximum atomic E-state index is 8.99. The molecule has 1 N–H and O–H groups in total. The van der Waals surface area contributed by atoms with Crippen LogP contribution in [0.4, 0.5) is 0 Å². The number of hydrogen-bond acceptors (Lipinski definition) is 2. The molecule has 0 bridgehead atoms. The van der Waals surface area contributed by atoms with E-state index in [2.05, 4.69) is 13.8 Å². The summed E-state index contributed by atoms with van der Waals surface area (Å²) in [6.45, 7) is 8.10. The zero-order chi connectivity index (χ0) is 9.40. The Labute approximate surface area is 75.9 Å². The molecule has 1 atom stereocenters. The Morgan fingerprint density at radius 3 is 2.33 bits per heavy atom. The van der Waals surface area contributed by atoms with Crippen LogP contribution in [0, 0.1) is 11.8 Å². The SMILES string of the molecule is CCOCC(CO)CCC(C)C. The quantitative estimate of drug-likeness (QED) is 0.640. The summed E-state index contributed by atoms with van der Waals surface area (Å²) in [6, 6.07) is 0. The molecule has 0 aromatic heterocycles. The van der Waals surface area contributed by atoms with Crippen LogP contribution >= 0.6 is 0 Å². The van der Waals surface area contributed by atoms with Crippen LogP contribution in [-0.4, -0.2) is 24.9 Å². The van der Waals surface area contributed by atoms with E-state index in [0.29, 0.717) is 12.5 Å². The standard InChI is InChI=1S/C10H22O2/c1-4-12-8-10(7-11)6-5-9(2)3/h9-11H,4-8H2,1-3H3. The van der Waals surface area contributed by atoms with Crippen LogP contribution in [0.5, 0.6) is 0 Å². The zero-order valence-electron chi connectivity index (χ0n) is 8.55. The molecule has 12 heavy (non-hydrogen) atoms. The summed E-state index contributed by atoms with van der Waals surface area (Å²) < 4.78 is 5.26. The highest BCUT2D eigenvalue weighted by Gasteiger charge is 2.07. The fourth-order valence-corrected chi connectivity index (χ4v) is 1.08. The van der Waals surface area contributed by atoms with Crippen molar-refractivity contribution in [2.24, 2.45) is 11.8 Å². The largest absolute Gasteiger partial charge is 0.396 e. The molecule has 2 nitrogen and oxygen atoms in total. The molecule has 74 valence electrons. The van der Waals surface area contributed by atoms with E-state index >= 15 is 0 Å². The highest BCUT2D eigenvalue weighted by molar-refractivity contribution is 4.58. The molecule has 0 heterocycles. The van der Waals surface area contributed by atoms with Crippen molar-refractivity contribution in [3.8, 4) is 0 Å². The first-order chi connectivity index (χ1) is 5.70. The minimum absolute atomic E-state index is 0.257. The van der Waals surface area contributed by atoms with Gasteiger partial charge in [-0.25, -0.2) is 0 Å². The summed E-state index contributed by atoms with van der Waals surface area (Å²) in [4.78, 5) is 0. The predicted octanol–water partition coefficient (Wildman–Crippen LogP) is 2.07. The second-order valence-electron chi connectivity index (χ2n) is 3.68. The van der Waals surface area contributed by atoms with Gasteiger partial charge in [-0.2, -0.15) is 0 Å². The zero-order valence-corrected chi connectivity index (χ0v) is 8.55. The summed E-state index contributed by atoms with van der Waals surface area (Å²) >= 11 is 0. The number of hydrogen-bond donors (Lipinski definition) is 1. The molecule has 0 aliphatic carbocycles. The van der Waals surface area contributed by atoms with E-state index < -0.39 is 0 Å². The van der Waals surface area contributed by atoms with Crippen LogP contribution in [0.25, 0.3) is 0 Å². The number of ether oxygens (including phenoxy) is 1. The van der Waals surface area contributed by atoms with E-state index in [-0.39, 0.29) is 6.61 Å². The molecule has 0 radical (unpaired) electrons. The summed E-state index contributed by atoms with van der Waals surface area (Å²) in [5.41, 5.74) is 0. The van der Waals surface area contributed by atoms with E-state index in [1.165, 1.54) is 6.42 Å². The van der Waals surface area contributed by atoms with Gasteiger partial charge in [-0.15, -0.1) is 0 Å². The van der Waals surface area contributed by atoms with Crippen molar-refractivity contribution >= 4 is 0 Å². The predicted molar refractivity (Wildman–Crippen MR) is 51.1 cm³/mol. The Hall–Kier alpha value is -0.0800. The number of aliphatic hydroxyl groups is 1. The highest BCUT2D eigenvalue weighted by Crippen LogP contribution is 2.11. The molecule has 0 aromatic rings. The maximum absolute atomic E-state index is 8.99. The fraction of sp³-hybridized carbons (Fsp3) is 1.00. The van der Waals surface area contributed by atoms with Crippen LogP contribution in [0.3, 0.4) is 0 Å². The van der Waals surface area contributed by atoms with E-state index in [9.17, 15) is 0 Å². The topological polar surface area (TPSA) is 29.5 Å². The molecule has 1 unspecified atom stereocenters. The lowest BCUT2D eigenvalue weighted by Crippen LogP contribution is -2.14. The van der Waals surface area contributed by atoms with Gasteiger partial charge in [-0.3, -0.25) is 0 Å². The number of aliphatic hydroxyl groups excluding tert-OH is 1. The normalized spacial score (nSPS) is 13.8. The average molecular weight is 174 g/mol. The monoisotopic (exact) mass is 174 g/mol. The van der Waals surface area contributed by atoms with Gasteiger partial charge in [0, 0.05) is 19.1 Å². The van der Waals surface area contributed by atoms with Crippen LogP contribution < -0.4 is 0 Å². The molecule has 0 aromatic carbocycles. The maximum Gasteiger partial charge on any atom is 0.0516 e. The molecular weight excluding hydrogens is 152 g/mol. The minimum Gasteiger partial charge on any atom is -0.396 e. The van der Waals surface area contributed by atoms with Gasteiger partial charge in [0.1, 0.15) is 0 Å². The molecule has 0 spiro atoms. The van der Waals surface area contributed by atoms with Crippen molar-refractivity contribution in [1.29, 1.82) is 0 Å². The van der Waals surface area contributed by atoms with Crippen LogP contribution in [-0.2, 0) is 4.74 Å². The van der Waals surface area contributed by atoms with E-state index in [0.717, 1.165) is 18.9 Å². The first-order valence-corrected chi connectivity index (χ1v) is 4.89. The highest BCUT2D eigenvalue weighted by atomic mass is 16.5. The Balaban J connectivity index is 3.39. The molecule has 0 rings (SSSR count). The summed E-state index contributed by atoms with van der Waals surface area (Å²) in [6.07, 6.45) is 2.26.